The minimum Gasteiger partial charge on any atom is -0.336 e. The Morgan fingerprint density at radius 3 is 1.28 bits per heavy atom. The molecule has 0 aliphatic heterocycles. The first-order valence-corrected chi connectivity index (χ1v) is 13.6. The summed E-state index contributed by atoms with van der Waals surface area (Å²) in [5, 5.41) is 24.3. The molecule has 14 nitrogen and oxygen atoms in total. The van der Waals surface area contributed by atoms with Gasteiger partial charge in [0.2, 0.25) is 0 Å². The maximum absolute atomic E-state index is 12.2. The maximum Gasteiger partial charge on any atom is 0.342 e. The quantitative estimate of drug-likeness (QED) is 0.156. The summed E-state index contributed by atoms with van der Waals surface area (Å²) in [4.78, 5) is 48.2. The molecule has 0 aliphatic rings. The first-order valence-electron chi connectivity index (χ1n) is 13.6. The van der Waals surface area contributed by atoms with E-state index in [1.54, 1.807) is 38.4 Å². The zero-order chi connectivity index (χ0) is 30.6. The third-order valence-corrected chi connectivity index (χ3v) is 6.07. The Kier molecular flexibility index (Phi) is 10.4. The Hall–Kier alpha value is -5.66. The number of carbonyl (C=O) groups excluding carboxylic acids is 4. The van der Waals surface area contributed by atoms with Crippen LogP contribution in [0.2, 0.25) is 0 Å². The van der Waals surface area contributed by atoms with Crippen LogP contribution in [0.5, 0.6) is 0 Å². The molecule has 0 radical (unpaired) electrons. The highest BCUT2D eigenvalue weighted by atomic mass is 16.2. The lowest BCUT2D eigenvalue weighted by atomic mass is 10.0. The van der Waals surface area contributed by atoms with Crippen LogP contribution in [0.15, 0.2) is 73.1 Å². The fourth-order valence-electron chi connectivity index (χ4n) is 3.91. The highest BCUT2D eigenvalue weighted by molar-refractivity contribution is 5.90. The molecule has 0 saturated heterocycles. The molecule has 0 aliphatic carbocycles. The average molecular weight is 587 g/mol. The largest absolute Gasteiger partial charge is 0.342 e. The second-order valence-electron chi connectivity index (χ2n) is 9.60. The molecule has 2 aromatic carbocycles. The molecule has 2 heterocycles. The third-order valence-electron chi connectivity index (χ3n) is 6.07. The first-order chi connectivity index (χ1) is 20.7. The highest BCUT2D eigenvalue weighted by Gasteiger charge is 2.08. The van der Waals surface area contributed by atoms with Crippen molar-refractivity contribution in [3.05, 3.63) is 95.6 Å². The minimum atomic E-state index is -0.377. The summed E-state index contributed by atoms with van der Waals surface area (Å²) < 4.78 is 2.42. The number of amides is 6. The van der Waals surface area contributed by atoms with E-state index in [0.29, 0.717) is 17.8 Å². The van der Waals surface area contributed by atoms with Crippen molar-refractivity contribution in [3.8, 4) is 0 Å². The SMILES string of the molecule is Cc1ccn(C(=O)NCCNC(=O)Nc2ccc(Cc3ccc(NC(=O)NCCNC(=O)n4ccc(C)n4)cc3)cc2)n1. The molecule has 6 amide bonds. The van der Waals surface area contributed by atoms with Crippen molar-refractivity contribution < 1.29 is 19.2 Å². The van der Waals surface area contributed by atoms with Crippen molar-refractivity contribution in [1.29, 1.82) is 0 Å². The summed E-state index contributed by atoms with van der Waals surface area (Å²) in [6.45, 7) is 4.62. The molecule has 6 N–H and O–H groups in total. The van der Waals surface area contributed by atoms with E-state index in [1.807, 2.05) is 48.5 Å². The summed E-state index contributed by atoms with van der Waals surface area (Å²) in [6, 6.07) is 16.9. The Bertz CT molecular complexity index is 1430. The molecule has 14 heteroatoms. The third kappa shape index (κ3) is 9.74. The number of nitrogens with one attached hydrogen (secondary N) is 6. The van der Waals surface area contributed by atoms with E-state index in [9.17, 15) is 19.2 Å². The second-order valence-corrected chi connectivity index (χ2v) is 9.60. The maximum atomic E-state index is 12.2. The molecule has 4 rings (SSSR count). The molecule has 0 unspecified atom stereocenters. The molecular formula is C29H34N10O4. The number of rotatable bonds is 10. The van der Waals surface area contributed by atoms with Gasteiger partial charge in [-0.25, -0.2) is 19.2 Å². The molecule has 4 aromatic rings. The van der Waals surface area contributed by atoms with Gasteiger partial charge in [0.25, 0.3) is 0 Å². The highest BCUT2D eigenvalue weighted by Crippen LogP contribution is 2.16. The predicted molar refractivity (Wildman–Crippen MR) is 161 cm³/mol. The fraction of sp³-hybridized carbons (Fsp3) is 0.241. The van der Waals surface area contributed by atoms with Crippen LogP contribution in [0.4, 0.5) is 30.6 Å². The van der Waals surface area contributed by atoms with Gasteiger partial charge in [-0.2, -0.15) is 19.6 Å². The average Bonchev–Trinajstić information content (AvgIpc) is 3.63. The van der Waals surface area contributed by atoms with Gasteiger partial charge in [0.05, 0.1) is 11.4 Å². The van der Waals surface area contributed by atoms with E-state index in [2.05, 4.69) is 42.1 Å². The summed E-state index contributed by atoms with van der Waals surface area (Å²) >= 11 is 0. The molecule has 0 bridgehead atoms. The van der Waals surface area contributed by atoms with Crippen molar-refractivity contribution in [1.82, 2.24) is 40.8 Å². The van der Waals surface area contributed by atoms with Gasteiger partial charge in [-0.3, -0.25) is 0 Å². The van der Waals surface area contributed by atoms with Crippen molar-refractivity contribution in [3.63, 3.8) is 0 Å². The Labute approximate surface area is 248 Å². The van der Waals surface area contributed by atoms with E-state index in [0.717, 1.165) is 22.5 Å². The molecule has 0 atom stereocenters. The topological polar surface area (TPSA) is 176 Å². The smallest absolute Gasteiger partial charge is 0.336 e. The van der Waals surface area contributed by atoms with E-state index < -0.39 is 0 Å². The molecule has 0 fully saturated rings. The van der Waals surface area contributed by atoms with Crippen molar-refractivity contribution in [2.24, 2.45) is 0 Å². The van der Waals surface area contributed by atoms with Crippen molar-refractivity contribution in [2.75, 3.05) is 36.8 Å². The van der Waals surface area contributed by atoms with E-state index >= 15 is 0 Å². The molecule has 0 spiro atoms. The number of aryl methyl sites for hydroxylation is 2. The van der Waals surface area contributed by atoms with Crippen LogP contribution in [0.1, 0.15) is 22.5 Å². The van der Waals surface area contributed by atoms with Gasteiger partial charge in [0.1, 0.15) is 0 Å². The Balaban J connectivity index is 1.11. The van der Waals surface area contributed by atoms with Crippen molar-refractivity contribution in [2.45, 2.75) is 20.3 Å². The zero-order valence-corrected chi connectivity index (χ0v) is 23.9. The van der Waals surface area contributed by atoms with E-state index in [-0.39, 0.29) is 50.3 Å². The van der Waals surface area contributed by atoms with Crippen LogP contribution in [0, 0.1) is 13.8 Å². The zero-order valence-electron chi connectivity index (χ0n) is 23.9. The number of hydrogen-bond donors (Lipinski definition) is 6. The molecule has 0 saturated carbocycles. The van der Waals surface area contributed by atoms with Gasteiger partial charge in [0.15, 0.2) is 0 Å². The standard InChI is InChI=1S/C29H34N10O4/c1-20-11-17-38(36-20)28(42)32-15-13-30-26(40)34-24-7-3-22(4-8-24)19-23-5-9-25(10-6-23)35-27(41)31-14-16-33-29(43)39-18-12-21(2)37-39/h3-12,17-18H,13-16,19H2,1-2H3,(H,32,42)(H,33,43)(H2,30,34,40)(H2,31,35,41). The first kappa shape index (κ1) is 30.3. The van der Waals surface area contributed by atoms with Gasteiger partial charge in [-0.1, -0.05) is 24.3 Å². The number of nitrogens with zero attached hydrogens (tertiary/aromatic N) is 4. The number of aromatic nitrogens is 4. The molecule has 224 valence electrons. The number of benzene rings is 2. The lowest BCUT2D eigenvalue weighted by molar-refractivity contribution is 0.238. The molecule has 2 aromatic heterocycles. The van der Waals surface area contributed by atoms with Gasteiger partial charge in [0, 0.05) is 49.9 Å². The second kappa shape index (κ2) is 14.8. The van der Waals surface area contributed by atoms with Crippen molar-refractivity contribution >= 4 is 35.5 Å². The van der Waals surface area contributed by atoms with E-state index in [4.69, 9.17) is 0 Å². The number of hydrogen-bond acceptors (Lipinski definition) is 6. The Morgan fingerprint density at radius 1 is 0.558 bits per heavy atom. The van der Waals surface area contributed by atoms with E-state index in [1.165, 1.54) is 9.36 Å². The van der Waals surface area contributed by atoms with Crippen LogP contribution >= 0.6 is 0 Å². The summed E-state index contributed by atoms with van der Waals surface area (Å²) in [6.07, 6.45) is 3.81. The Morgan fingerprint density at radius 2 is 0.930 bits per heavy atom. The van der Waals surface area contributed by atoms with Crippen LogP contribution in [0.3, 0.4) is 0 Å². The van der Waals surface area contributed by atoms with Gasteiger partial charge in [-0.15, -0.1) is 0 Å². The lowest BCUT2D eigenvalue weighted by Gasteiger charge is -2.10. The monoisotopic (exact) mass is 586 g/mol. The normalized spacial score (nSPS) is 10.5. The minimum absolute atomic E-state index is 0.257. The lowest BCUT2D eigenvalue weighted by Crippen LogP contribution is -2.38. The molecule has 43 heavy (non-hydrogen) atoms. The van der Waals surface area contributed by atoms with Gasteiger partial charge < -0.3 is 31.9 Å². The number of carbonyl (C=O) groups is 4. The van der Waals surface area contributed by atoms with Gasteiger partial charge in [-0.05, 0) is 67.8 Å². The van der Waals surface area contributed by atoms with Crippen LogP contribution in [0.25, 0.3) is 0 Å². The molecular weight excluding hydrogens is 552 g/mol. The predicted octanol–water partition coefficient (Wildman–Crippen LogP) is 3.05. The summed E-state index contributed by atoms with van der Waals surface area (Å²) in [7, 11) is 0. The number of urea groups is 2. The van der Waals surface area contributed by atoms with Gasteiger partial charge >= 0.3 is 24.1 Å². The van der Waals surface area contributed by atoms with Crippen LogP contribution in [-0.4, -0.2) is 69.9 Å². The summed E-state index contributed by atoms with van der Waals surface area (Å²) in [5.41, 5.74) is 4.86. The fourth-order valence-corrected chi connectivity index (χ4v) is 3.91. The van der Waals surface area contributed by atoms with Crippen LogP contribution < -0.4 is 31.9 Å². The summed E-state index contributed by atoms with van der Waals surface area (Å²) in [5.74, 6) is 0. The number of anilines is 2. The van der Waals surface area contributed by atoms with Crippen LogP contribution in [-0.2, 0) is 6.42 Å².